The van der Waals surface area contributed by atoms with Crippen LogP contribution in [-0.2, 0) is 22.6 Å². The molecule has 0 saturated carbocycles. The van der Waals surface area contributed by atoms with Gasteiger partial charge in [-0.05, 0) is 128 Å². The largest absolute Gasteiger partial charge is 0.497 e. The molecule has 0 aliphatic carbocycles. The van der Waals surface area contributed by atoms with Crippen molar-refractivity contribution in [3.8, 4) is 28.4 Å². The minimum atomic E-state index is -0.990. The predicted octanol–water partition coefficient (Wildman–Crippen LogP) is 13.1. The van der Waals surface area contributed by atoms with E-state index in [2.05, 4.69) is 15.0 Å². The molecular formula is C50H51Cl2F2IN6O7. The summed E-state index contributed by atoms with van der Waals surface area (Å²) in [6.45, 7) is 11.3. The first-order chi connectivity index (χ1) is 32.5. The number of carbonyl (C=O) groups is 2. The van der Waals surface area contributed by atoms with Crippen molar-refractivity contribution in [2.75, 3.05) is 48.7 Å². The summed E-state index contributed by atoms with van der Waals surface area (Å²) in [6.07, 6.45) is 0.803. The third-order valence-corrected chi connectivity index (χ3v) is 13.2. The summed E-state index contributed by atoms with van der Waals surface area (Å²) in [4.78, 5) is 45.3. The van der Waals surface area contributed by atoms with Gasteiger partial charge in [0, 0.05) is 39.5 Å². The molecule has 1 atom stereocenters. The van der Waals surface area contributed by atoms with Crippen molar-refractivity contribution in [3.63, 3.8) is 0 Å². The Kier molecular flexibility index (Phi) is 15.7. The summed E-state index contributed by atoms with van der Waals surface area (Å²) >= 11 is 15.9. The first-order valence-electron chi connectivity index (χ1n) is 21.9. The molecule has 6 aromatic rings. The molecule has 3 heterocycles. The van der Waals surface area contributed by atoms with Crippen LogP contribution in [0.15, 0.2) is 72.9 Å². The molecule has 1 aliphatic heterocycles. The standard InChI is InChI=1S/C50H51Cl2F2IN6O7/c1-9-10-23-67-48(62)61(49(63)68-50(4,5)6)45-34(12-11-21-56-45)29(3)60-22-24-66-44-38-43(57-47(52)58-46(38)60)41(54)36(39(44)51)37-40(53)35(25-28(2)42(37)55)59(26-30-13-17-32(64-7)18-14-30)27-31-15-19-33(65-8)20-16-31/h11-21,25,29H,9-10,22-24,26-27H2,1-8H3/t29-/m1/s1. The average molecular weight is 1080 g/mol. The van der Waals surface area contributed by atoms with E-state index in [-0.39, 0.29) is 88.3 Å². The van der Waals surface area contributed by atoms with E-state index in [1.54, 1.807) is 65.0 Å². The zero-order valence-electron chi connectivity index (χ0n) is 38.9. The molecule has 0 unspecified atom stereocenters. The molecule has 0 bridgehead atoms. The molecule has 358 valence electrons. The van der Waals surface area contributed by atoms with Crippen molar-refractivity contribution in [3.05, 3.63) is 121 Å². The lowest BCUT2D eigenvalue weighted by atomic mass is 9.97. The van der Waals surface area contributed by atoms with Gasteiger partial charge in [-0.15, -0.1) is 0 Å². The van der Waals surface area contributed by atoms with Gasteiger partial charge in [-0.1, -0.05) is 55.3 Å². The van der Waals surface area contributed by atoms with Gasteiger partial charge in [-0.2, -0.15) is 9.88 Å². The maximum atomic E-state index is 17.8. The number of hydrogen-bond donors (Lipinski definition) is 0. The number of carbonyl (C=O) groups excluding carboxylic acids is 2. The van der Waals surface area contributed by atoms with E-state index >= 15 is 8.78 Å². The zero-order chi connectivity index (χ0) is 49.0. The Labute approximate surface area is 417 Å². The summed E-state index contributed by atoms with van der Waals surface area (Å²) in [5.41, 5.74) is 1.43. The number of nitrogens with zero attached hydrogens (tertiary/aromatic N) is 6. The monoisotopic (exact) mass is 1080 g/mol. The number of ether oxygens (including phenoxy) is 5. The third kappa shape index (κ3) is 10.6. The first kappa shape index (κ1) is 50.2. The number of aromatic nitrogens is 3. The molecule has 2 amide bonds. The van der Waals surface area contributed by atoms with E-state index in [1.165, 1.54) is 6.20 Å². The smallest absolute Gasteiger partial charge is 0.425 e. The highest BCUT2D eigenvalue weighted by Crippen LogP contribution is 2.51. The van der Waals surface area contributed by atoms with Gasteiger partial charge in [0.15, 0.2) is 23.2 Å². The minimum Gasteiger partial charge on any atom is -0.497 e. The molecule has 68 heavy (non-hydrogen) atoms. The highest BCUT2D eigenvalue weighted by molar-refractivity contribution is 14.1. The second kappa shape index (κ2) is 21.3. The van der Waals surface area contributed by atoms with Crippen LogP contribution >= 0.6 is 45.8 Å². The molecule has 0 N–H and O–H groups in total. The van der Waals surface area contributed by atoms with E-state index in [0.29, 0.717) is 32.6 Å². The van der Waals surface area contributed by atoms with Crippen LogP contribution in [0.25, 0.3) is 22.0 Å². The molecule has 7 rings (SSSR count). The second-order valence-corrected chi connectivity index (χ2v) is 18.9. The number of methoxy groups -OCH3 is 2. The van der Waals surface area contributed by atoms with E-state index in [9.17, 15) is 9.59 Å². The van der Waals surface area contributed by atoms with Crippen molar-refractivity contribution in [1.29, 1.82) is 0 Å². The Morgan fingerprint density at radius 3 is 2.15 bits per heavy atom. The lowest BCUT2D eigenvalue weighted by Crippen LogP contribution is -2.43. The number of halogens is 5. The number of rotatable bonds is 14. The van der Waals surface area contributed by atoms with Crippen LogP contribution in [0.4, 0.5) is 35.7 Å². The van der Waals surface area contributed by atoms with Gasteiger partial charge in [0.05, 0.1) is 49.5 Å². The van der Waals surface area contributed by atoms with Gasteiger partial charge in [-0.3, -0.25) is 0 Å². The molecule has 2 aromatic heterocycles. The summed E-state index contributed by atoms with van der Waals surface area (Å²) in [5.74, 6) is -0.206. The Bertz CT molecular complexity index is 2790. The fraction of sp³-hybridized carbons (Fsp3) is 0.340. The van der Waals surface area contributed by atoms with Gasteiger partial charge >= 0.3 is 12.2 Å². The summed E-state index contributed by atoms with van der Waals surface area (Å²) in [5, 5.41) is -0.423. The molecule has 0 spiro atoms. The number of unbranched alkanes of at least 4 members (excludes halogenated alkanes) is 1. The maximum Gasteiger partial charge on any atom is 0.425 e. The lowest BCUT2D eigenvalue weighted by molar-refractivity contribution is 0.0566. The van der Waals surface area contributed by atoms with Gasteiger partial charge in [-0.25, -0.2) is 28.3 Å². The Morgan fingerprint density at radius 1 is 0.926 bits per heavy atom. The van der Waals surface area contributed by atoms with Crippen LogP contribution in [0.3, 0.4) is 0 Å². The molecule has 18 heteroatoms. The number of aryl methyl sites for hydroxylation is 1. The van der Waals surface area contributed by atoms with Crippen LogP contribution in [0.5, 0.6) is 17.2 Å². The van der Waals surface area contributed by atoms with Gasteiger partial charge < -0.3 is 33.5 Å². The summed E-state index contributed by atoms with van der Waals surface area (Å²) in [7, 11) is 3.17. The number of imide groups is 1. The Morgan fingerprint density at radius 2 is 1.56 bits per heavy atom. The zero-order valence-corrected chi connectivity index (χ0v) is 42.6. The van der Waals surface area contributed by atoms with Gasteiger partial charge in [0.1, 0.15) is 35.0 Å². The molecule has 0 fully saturated rings. The SMILES string of the molecule is CCCCOC(=O)N(C(=O)OC(C)(C)C)c1ncccc1[C@@H](C)N1CCOc2c(Cl)c(-c3c(F)c(N(Cc4ccc(OC)cc4)Cc4ccc(OC)cc4)cc(C)c3I)c(F)c3nc(Cl)nc1c23. The molecule has 0 saturated heterocycles. The fourth-order valence-electron chi connectivity index (χ4n) is 7.87. The Balaban J connectivity index is 1.36. The highest BCUT2D eigenvalue weighted by Gasteiger charge is 2.38. The number of amides is 2. The van der Waals surface area contributed by atoms with Crippen molar-refractivity contribution >= 4 is 86.2 Å². The van der Waals surface area contributed by atoms with E-state index in [1.807, 2.05) is 89.9 Å². The van der Waals surface area contributed by atoms with Crippen molar-refractivity contribution in [2.45, 2.75) is 79.1 Å². The van der Waals surface area contributed by atoms with Gasteiger partial charge in [0.25, 0.3) is 0 Å². The Hall–Kier alpha value is -5.72. The number of anilines is 3. The lowest BCUT2D eigenvalue weighted by Gasteiger charge is -2.32. The van der Waals surface area contributed by atoms with E-state index < -0.39 is 35.5 Å². The van der Waals surface area contributed by atoms with E-state index in [4.69, 9.17) is 46.9 Å². The van der Waals surface area contributed by atoms with Gasteiger partial charge in [0.2, 0.25) is 5.28 Å². The van der Waals surface area contributed by atoms with Crippen LogP contribution in [0.1, 0.15) is 75.8 Å². The third-order valence-electron chi connectivity index (χ3n) is 11.2. The second-order valence-electron chi connectivity index (χ2n) is 17.1. The molecule has 4 aromatic carbocycles. The minimum absolute atomic E-state index is 0.0151. The van der Waals surface area contributed by atoms with E-state index in [0.717, 1.165) is 22.4 Å². The normalized spacial score (nSPS) is 12.8. The molecule has 13 nitrogen and oxygen atoms in total. The quantitative estimate of drug-likeness (QED) is 0.0585. The number of benzene rings is 4. The van der Waals surface area contributed by atoms with Crippen LogP contribution in [0, 0.1) is 22.1 Å². The van der Waals surface area contributed by atoms with Crippen LogP contribution in [-0.4, -0.2) is 66.7 Å². The number of hydrogen-bond acceptors (Lipinski definition) is 12. The van der Waals surface area contributed by atoms with Crippen LogP contribution in [0.2, 0.25) is 10.3 Å². The molecule has 1 aliphatic rings. The fourth-order valence-corrected chi connectivity index (χ4v) is 9.02. The topological polar surface area (TPSA) is 129 Å². The summed E-state index contributed by atoms with van der Waals surface area (Å²) in [6, 6.07) is 19.3. The van der Waals surface area contributed by atoms with Crippen molar-refractivity contribution in [2.24, 2.45) is 0 Å². The summed E-state index contributed by atoms with van der Waals surface area (Å²) < 4.78 is 64.3. The van der Waals surface area contributed by atoms with Crippen LogP contribution < -0.4 is 28.9 Å². The maximum absolute atomic E-state index is 17.8. The average Bonchev–Trinajstić information content (AvgIpc) is 3.50. The molecule has 0 radical (unpaired) electrons. The highest BCUT2D eigenvalue weighted by atomic mass is 127. The number of pyridine rings is 1. The van der Waals surface area contributed by atoms with Crippen molar-refractivity contribution < 1.29 is 42.1 Å². The predicted molar refractivity (Wildman–Crippen MR) is 269 cm³/mol. The molecular weight excluding hydrogens is 1030 g/mol. The first-order valence-corrected chi connectivity index (χ1v) is 23.7. The van der Waals surface area contributed by atoms with Crippen molar-refractivity contribution in [1.82, 2.24) is 15.0 Å².